The van der Waals surface area contributed by atoms with Gasteiger partial charge in [-0.2, -0.15) is 0 Å². The number of H-pyrrole nitrogens is 1. The third-order valence-electron chi connectivity index (χ3n) is 1.85. The fourth-order valence-corrected chi connectivity index (χ4v) is 1.24. The van der Waals surface area contributed by atoms with Crippen molar-refractivity contribution in [2.45, 2.75) is 6.36 Å². The van der Waals surface area contributed by atoms with Crippen molar-refractivity contribution in [3.05, 3.63) is 34.9 Å². The van der Waals surface area contributed by atoms with Crippen LogP contribution in [0.15, 0.2) is 29.3 Å². The van der Waals surface area contributed by atoms with Gasteiger partial charge >= 0.3 is 6.36 Å². The summed E-state index contributed by atoms with van der Waals surface area (Å²) in [6.45, 7) is 0. The maximum Gasteiger partial charge on any atom is 0.573 e. The molecule has 16 heavy (non-hydrogen) atoms. The van der Waals surface area contributed by atoms with Crippen molar-refractivity contribution >= 4 is 10.9 Å². The zero-order valence-electron chi connectivity index (χ0n) is 7.71. The van der Waals surface area contributed by atoms with E-state index in [0.29, 0.717) is 5.52 Å². The lowest BCUT2D eigenvalue weighted by atomic mass is 10.2. The molecule has 0 fully saturated rings. The second-order valence-electron chi connectivity index (χ2n) is 2.96. The number of nitrogens with zero attached hydrogens (tertiary/aromatic N) is 1. The quantitative estimate of drug-likeness (QED) is 0.812. The van der Waals surface area contributed by atoms with Gasteiger partial charge in [-0.25, -0.2) is 4.98 Å². The number of benzene rings is 1. The zero-order chi connectivity index (χ0) is 11.8. The first-order chi connectivity index (χ1) is 7.46. The molecular weight excluding hydrogens is 225 g/mol. The Balaban J connectivity index is 2.52. The average Bonchev–Trinajstić information content (AvgIpc) is 2.17. The van der Waals surface area contributed by atoms with Crippen molar-refractivity contribution in [1.82, 2.24) is 9.97 Å². The number of hydrogen-bond acceptors (Lipinski definition) is 3. The standard InChI is InChI=1S/C9H5F3N2O2/c10-9(11,12)16-5-1-2-7-6(3-5)8(15)14-4-13-7/h1-4H,(H,13,14,15). The summed E-state index contributed by atoms with van der Waals surface area (Å²) in [6, 6.07) is 3.38. The number of ether oxygens (including phenoxy) is 1. The van der Waals surface area contributed by atoms with E-state index in [2.05, 4.69) is 14.7 Å². The van der Waals surface area contributed by atoms with Gasteiger partial charge in [-0.15, -0.1) is 13.2 Å². The molecule has 1 aromatic heterocycles. The highest BCUT2D eigenvalue weighted by atomic mass is 19.4. The lowest BCUT2D eigenvalue weighted by Crippen LogP contribution is -2.17. The van der Waals surface area contributed by atoms with Crippen LogP contribution in [0.5, 0.6) is 5.75 Å². The molecule has 2 aromatic rings. The minimum atomic E-state index is -4.78. The molecule has 7 heteroatoms. The first-order valence-electron chi connectivity index (χ1n) is 4.19. The van der Waals surface area contributed by atoms with Crippen molar-refractivity contribution in [2.24, 2.45) is 0 Å². The molecule has 0 aliphatic heterocycles. The Morgan fingerprint density at radius 3 is 2.75 bits per heavy atom. The minimum Gasteiger partial charge on any atom is -0.406 e. The summed E-state index contributed by atoms with van der Waals surface area (Å²) >= 11 is 0. The van der Waals surface area contributed by atoms with Crippen molar-refractivity contribution in [2.75, 3.05) is 0 Å². The van der Waals surface area contributed by atoms with Crippen LogP contribution in [0.3, 0.4) is 0 Å². The SMILES string of the molecule is O=c1[nH]cnc2ccc(OC(F)(F)F)cc12. The molecule has 0 unspecified atom stereocenters. The molecule has 0 bridgehead atoms. The molecule has 1 aromatic carbocycles. The number of aromatic amines is 1. The van der Waals surface area contributed by atoms with Crippen molar-refractivity contribution in [3.8, 4) is 5.75 Å². The number of alkyl halides is 3. The van der Waals surface area contributed by atoms with Crippen molar-refractivity contribution in [3.63, 3.8) is 0 Å². The lowest BCUT2D eigenvalue weighted by molar-refractivity contribution is -0.274. The van der Waals surface area contributed by atoms with Crippen LogP contribution in [-0.2, 0) is 0 Å². The monoisotopic (exact) mass is 230 g/mol. The van der Waals surface area contributed by atoms with E-state index < -0.39 is 17.7 Å². The summed E-state index contributed by atoms with van der Waals surface area (Å²) in [5.41, 5.74) is -0.212. The topological polar surface area (TPSA) is 55.0 Å². The summed E-state index contributed by atoms with van der Waals surface area (Å²) in [4.78, 5) is 17.3. The molecule has 4 nitrogen and oxygen atoms in total. The van der Waals surface area contributed by atoms with E-state index >= 15 is 0 Å². The van der Waals surface area contributed by atoms with Gasteiger partial charge < -0.3 is 9.72 Å². The van der Waals surface area contributed by atoms with Crippen molar-refractivity contribution in [1.29, 1.82) is 0 Å². The molecule has 1 heterocycles. The molecule has 2 rings (SSSR count). The van der Waals surface area contributed by atoms with Crippen LogP contribution in [0.25, 0.3) is 10.9 Å². The van der Waals surface area contributed by atoms with Gasteiger partial charge in [0.2, 0.25) is 0 Å². The first-order valence-corrected chi connectivity index (χ1v) is 4.19. The molecule has 0 radical (unpaired) electrons. The number of halogens is 3. The molecule has 0 atom stereocenters. The van der Waals surface area contributed by atoms with Crippen LogP contribution < -0.4 is 10.3 Å². The molecule has 0 aliphatic carbocycles. The highest BCUT2D eigenvalue weighted by molar-refractivity contribution is 5.78. The van der Waals surface area contributed by atoms with Gasteiger partial charge in [0.05, 0.1) is 17.2 Å². The van der Waals surface area contributed by atoms with Crippen LogP contribution in [0.2, 0.25) is 0 Å². The highest BCUT2D eigenvalue weighted by Gasteiger charge is 2.31. The van der Waals surface area contributed by atoms with Gasteiger partial charge in [-0.1, -0.05) is 0 Å². The largest absolute Gasteiger partial charge is 0.573 e. The Kier molecular flexibility index (Phi) is 2.30. The number of nitrogens with one attached hydrogen (secondary N) is 1. The molecule has 0 saturated carbocycles. The Hall–Kier alpha value is -2.05. The van der Waals surface area contributed by atoms with E-state index in [1.165, 1.54) is 12.4 Å². The third-order valence-corrected chi connectivity index (χ3v) is 1.85. The highest BCUT2D eigenvalue weighted by Crippen LogP contribution is 2.24. The Bertz CT molecular complexity index is 577. The zero-order valence-corrected chi connectivity index (χ0v) is 7.71. The maximum absolute atomic E-state index is 11.9. The smallest absolute Gasteiger partial charge is 0.406 e. The fraction of sp³-hybridized carbons (Fsp3) is 0.111. The predicted octanol–water partition coefficient (Wildman–Crippen LogP) is 1.82. The van der Waals surface area contributed by atoms with Crippen LogP contribution in [-0.4, -0.2) is 16.3 Å². The second kappa shape index (κ2) is 3.51. The second-order valence-corrected chi connectivity index (χ2v) is 2.96. The molecule has 0 aliphatic rings. The van der Waals surface area contributed by atoms with Gasteiger partial charge in [0.15, 0.2) is 0 Å². The average molecular weight is 230 g/mol. The summed E-state index contributed by atoms with van der Waals surface area (Å²) in [6.07, 6.45) is -3.60. The number of rotatable bonds is 1. The molecular formula is C9H5F3N2O2. The van der Waals surface area contributed by atoms with E-state index in [4.69, 9.17) is 0 Å². The van der Waals surface area contributed by atoms with Crippen molar-refractivity contribution < 1.29 is 17.9 Å². The molecule has 1 N–H and O–H groups in total. The first kappa shape index (κ1) is 10.5. The van der Waals surface area contributed by atoms with Crippen LogP contribution in [0, 0.1) is 0 Å². The van der Waals surface area contributed by atoms with Gasteiger partial charge in [-0.3, -0.25) is 4.79 Å². The van der Waals surface area contributed by atoms with Gasteiger partial charge in [0.25, 0.3) is 5.56 Å². The minimum absolute atomic E-state index is 0.0456. The summed E-state index contributed by atoms with van der Waals surface area (Å²) in [5, 5.41) is 0.0456. The predicted molar refractivity (Wildman–Crippen MR) is 49.0 cm³/mol. The molecule has 0 amide bonds. The Morgan fingerprint density at radius 2 is 2.06 bits per heavy atom. The van der Waals surface area contributed by atoms with E-state index in [0.717, 1.165) is 12.1 Å². The normalized spacial score (nSPS) is 11.7. The van der Waals surface area contributed by atoms with E-state index in [-0.39, 0.29) is 5.39 Å². The van der Waals surface area contributed by atoms with E-state index in [9.17, 15) is 18.0 Å². The van der Waals surface area contributed by atoms with Crippen LogP contribution in [0.1, 0.15) is 0 Å². The fourth-order valence-electron chi connectivity index (χ4n) is 1.24. The number of aromatic nitrogens is 2. The summed E-state index contributed by atoms with van der Waals surface area (Å²) in [5.74, 6) is -0.446. The lowest BCUT2D eigenvalue weighted by Gasteiger charge is -2.08. The van der Waals surface area contributed by atoms with Crippen LogP contribution >= 0.6 is 0 Å². The van der Waals surface area contributed by atoms with Crippen LogP contribution in [0.4, 0.5) is 13.2 Å². The van der Waals surface area contributed by atoms with Gasteiger partial charge in [-0.05, 0) is 18.2 Å². The van der Waals surface area contributed by atoms with Gasteiger partial charge in [0, 0.05) is 0 Å². The van der Waals surface area contributed by atoms with E-state index in [1.54, 1.807) is 0 Å². The number of hydrogen-bond donors (Lipinski definition) is 1. The van der Waals surface area contributed by atoms with Gasteiger partial charge in [0.1, 0.15) is 5.75 Å². The summed E-state index contributed by atoms with van der Waals surface area (Å²) in [7, 11) is 0. The summed E-state index contributed by atoms with van der Waals surface area (Å²) < 4.78 is 39.4. The third kappa shape index (κ3) is 2.13. The molecule has 84 valence electrons. The Labute approximate surface area is 86.7 Å². The Morgan fingerprint density at radius 1 is 1.31 bits per heavy atom. The van der Waals surface area contributed by atoms with E-state index in [1.807, 2.05) is 0 Å². The maximum atomic E-state index is 11.9. The molecule has 0 saturated heterocycles. The number of fused-ring (bicyclic) bond motifs is 1. The molecule has 0 spiro atoms.